The molecule has 1 aromatic carbocycles. The average molecular weight is 346 g/mol. The van der Waals surface area contributed by atoms with Crippen LogP contribution in [-0.2, 0) is 25.7 Å². The van der Waals surface area contributed by atoms with E-state index in [2.05, 4.69) is 4.74 Å². The maximum atomic E-state index is 12.7. The van der Waals surface area contributed by atoms with Crippen molar-refractivity contribution in [2.45, 2.75) is 17.5 Å². The zero-order chi connectivity index (χ0) is 16.3. The molecule has 0 unspecified atom stereocenters. The fraction of sp³-hybridized carbons (Fsp3) is 0.364. The molecule has 1 rings (SSSR count). The molecule has 0 saturated heterocycles. The molecule has 0 amide bonds. The van der Waals surface area contributed by atoms with E-state index >= 15 is 0 Å². The molecule has 1 N–H and O–H groups in total. The third-order valence-electron chi connectivity index (χ3n) is 2.40. The molecule has 0 aliphatic carbocycles. The highest BCUT2D eigenvalue weighted by Crippen LogP contribution is 2.35. The molecule has 0 fully saturated rings. The van der Waals surface area contributed by atoms with Crippen LogP contribution in [0.4, 0.5) is 13.2 Å². The Morgan fingerprint density at radius 1 is 1.38 bits per heavy atom. The van der Waals surface area contributed by atoms with Crippen molar-refractivity contribution >= 4 is 27.6 Å². The second kappa shape index (κ2) is 6.63. The largest absolute Gasteiger partial charge is 0.469 e. The fourth-order valence-corrected chi connectivity index (χ4v) is 2.64. The molecule has 5 nitrogen and oxygen atoms in total. The average Bonchev–Trinajstić information content (AvgIpc) is 2.37. The standard InChI is InChI=1S/C11H11ClF3NO4S/c1-20-10(17)4-5-16-21(18,19)7-2-3-9(12)8(6-7)11(13,14)15/h2-3,6,16H,4-5H2,1H3. The summed E-state index contributed by atoms with van der Waals surface area (Å²) in [5.74, 6) is -0.648. The second-order valence-electron chi connectivity index (χ2n) is 3.86. The van der Waals surface area contributed by atoms with Crippen molar-refractivity contribution in [2.75, 3.05) is 13.7 Å². The summed E-state index contributed by atoms with van der Waals surface area (Å²) in [4.78, 5) is 10.2. The molecule has 0 atom stereocenters. The Kier molecular flexibility index (Phi) is 5.60. The zero-order valence-corrected chi connectivity index (χ0v) is 12.3. The van der Waals surface area contributed by atoms with E-state index < -0.39 is 37.7 Å². The van der Waals surface area contributed by atoms with Crippen molar-refractivity contribution in [2.24, 2.45) is 0 Å². The minimum absolute atomic E-state index is 0.241. The summed E-state index contributed by atoms with van der Waals surface area (Å²) in [6.45, 7) is -0.293. The van der Waals surface area contributed by atoms with Gasteiger partial charge >= 0.3 is 12.1 Å². The molecular formula is C11H11ClF3NO4S. The molecule has 10 heteroatoms. The van der Waals surface area contributed by atoms with Gasteiger partial charge in [-0.1, -0.05) is 11.6 Å². The molecule has 0 saturated carbocycles. The fourth-order valence-electron chi connectivity index (χ4n) is 1.36. The van der Waals surface area contributed by atoms with Gasteiger partial charge in [-0.3, -0.25) is 4.79 Å². The lowest BCUT2D eigenvalue weighted by molar-refractivity contribution is -0.140. The summed E-state index contributed by atoms with van der Waals surface area (Å²) in [5.41, 5.74) is -1.25. The van der Waals surface area contributed by atoms with Crippen LogP contribution in [0.15, 0.2) is 23.1 Å². The van der Waals surface area contributed by atoms with E-state index in [1.54, 1.807) is 0 Å². The summed E-state index contributed by atoms with van der Waals surface area (Å²) in [5, 5.41) is -0.601. The molecule has 0 heterocycles. The van der Waals surface area contributed by atoms with E-state index in [0.717, 1.165) is 19.2 Å². The van der Waals surface area contributed by atoms with Gasteiger partial charge in [-0.2, -0.15) is 13.2 Å². The molecule has 0 aliphatic heterocycles. The normalized spacial score (nSPS) is 12.2. The van der Waals surface area contributed by atoms with Gasteiger partial charge in [0.1, 0.15) is 0 Å². The number of carbonyl (C=O) groups is 1. The van der Waals surface area contributed by atoms with E-state index in [1.807, 2.05) is 4.72 Å². The monoisotopic (exact) mass is 345 g/mol. The summed E-state index contributed by atoms with van der Waals surface area (Å²) in [7, 11) is -3.05. The molecule has 118 valence electrons. The van der Waals surface area contributed by atoms with E-state index in [1.165, 1.54) is 0 Å². The number of esters is 1. The van der Waals surface area contributed by atoms with Gasteiger partial charge in [0, 0.05) is 6.54 Å². The van der Waals surface area contributed by atoms with Crippen molar-refractivity contribution in [3.8, 4) is 0 Å². The molecule has 0 bridgehead atoms. The van der Waals surface area contributed by atoms with Crippen LogP contribution in [-0.4, -0.2) is 28.0 Å². The Labute approximate surface area is 124 Å². The summed E-state index contributed by atoms with van der Waals surface area (Å²) in [6, 6.07) is 2.22. The van der Waals surface area contributed by atoms with Crippen molar-refractivity contribution < 1.29 is 31.1 Å². The summed E-state index contributed by atoms with van der Waals surface area (Å²) < 4.78 is 67.9. The van der Waals surface area contributed by atoms with Gasteiger partial charge in [-0.15, -0.1) is 0 Å². The molecule has 0 aromatic heterocycles. The van der Waals surface area contributed by atoms with Crippen molar-refractivity contribution in [3.63, 3.8) is 0 Å². The Hall–Kier alpha value is -1.32. The van der Waals surface area contributed by atoms with E-state index in [0.29, 0.717) is 6.07 Å². The predicted octanol–water partition coefficient (Wildman–Crippen LogP) is 2.20. The van der Waals surface area contributed by atoms with Crippen LogP contribution < -0.4 is 4.72 Å². The quantitative estimate of drug-likeness (QED) is 0.830. The van der Waals surface area contributed by atoms with Crippen LogP contribution in [0.2, 0.25) is 5.02 Å². The maximum absolute atomic E-state index is 12.7. The van der Waals surface area contributed by atoms with Gasteiger partial charge in [-0.25, -0.2) is 13.1 Å². The Morgan fingerprint density at radius 3 is 2.52 bits per heavy atom. The van der Waals surface area contributed by atoms with Crippen molar-refractivity contribution in [3.05, 3.63) is 28.8 Å². The van der Waals surface area contributed by atoms with E-state index in [-0.39, 0.29) is 13.0 Å². The van der Waals surface area contributed by atoms with Crippen LogP contribution in [0.25, 0.3) is 0 Å². The zero-order valence-electron chi connectivity index (χ0n) is 10.7. The number of halogens is 4. The van der Waals surface area contributed by atoms with Gasteiger partial charge < -0.3 is 4.74 Å². The number of sulfonamides is 1. The van der Waals surface area contributed by atoms with E-state index in [4.69, 9.17) is 11.6 Å². The van der Waals surface area contributed by atoms with Crippen LogP contribution in [0.1, 0.15) is 12.0 Å². The molecular weight excluding hydrogens is 335 g/mol. The number of methoxy groups -OCH3 is 1. The van der Waals surface area contributed by atoms with Gasteiger partial charge in [0.05, 0.1) is 29.0 Å². The van der Waals surface area contributed by atoms with Gasteiger partial charge in [-0.05, 0) is 18.2 Å². The minimum Gasteiger partial charge on any atom is -0.469 e. The molecule has 0 spiro atoms. The van der Waals surface area contributed by atoms with Crippen molar-refractivity contribution in [1.82, 2.24) is 4.72 Å². The predicted molar refractivity (Wildman–Crippen MR) is 68.3 cm³/mol. The highest BCUT2D eigenvalue weighted by Gasteiger charge is 2.34. The first kappa shape index (κ1) is 17.7. The lowest BCUT2D eigenvalue weighted by atomic mass is 10.2. The highest BCUT2D eigenvalue weighted by molar-refractivity contribution is 7.89. The topological polar surface area (TPSA) is 72.5 Å². The highest BCUT2D eigenvalue weighted by atomic mass is 35.5. The first-order valence-corrected chi connectivity index (χ1v) is 7.37. The number of carbonyl (C=O) groups excluding carboxylic acids is 1. The van der Waals surface area contributed by atoms with Gasteiger partial charge in [0.25, 0.3) is 0 Å². The van der Waals surface area contributed by atoms with Crippen molar-refractivity contribution in [1.29, 1.82) is 0 Å². The number of rotatable bonds is 5. The lowest BCUT2D eigenvalue weighted by Gasteiger charge is -2.11. The molecule has 1 aromatic rings. The smallest absolute Gasteiger partial charge is 0.417 e. The van der Waals surface area contributed by atoms with Crippen LogP contribution in [0, 0.1) is 0 Å². The third-order valence-corrected chi connectivity index (χ3v) is 4.19. The SMILES string of the molecule is COC(=O)CCNS(=O)(=O)c1ccc(Cl)c(C(F)(F)F)c1. The Bertz CT molecular complexity index is 631. The minimum atomic E-state index is -4.77. The summed E-state index contributed by atoms with van der Waals surface area (Å²) >= 11 is 5.40. The number of hydrogen-bond acceptors (Lipinski definition) is 4. The number of ether oxygens (including phenoxy) is 1. The first-order chi connectivity index (χ1) is 9.58. The second-order valence-corrected chi connectivity index (χ2v) is 6.04. The van der Waals surface area contributed by atoms with Crippen LogP contribution in [0.5, 0.6) is 0 Å². The van der Waals surface area contributed by atoms with Gasteiger partial charge in [0.2, 0.25) is 10.0 Å². The first-order valence-electron chi connectivity index (χ1n) is 5.51. The number of benzene rings is 1. The van der Waals surface area contributed by atoms with Gasteiger partial charge in [0.15, 0.2) is 0 Å². The van der Waals surface area contributed by atoms with Crippen LogP contribution >= 0.6 is 11.6 Å². The molecule has 21 heavy (non-hydrogen) atoms. The lowest BCUT2D eigenvalue weighted by Crippen LogP contribution is -2.27. The Balaban J connectivity index is 2.97. The number of nitrogens with one attached hydrogen (secondary N) is 1. The molecule has 0 radical (unpaired) electrons. The Morgan fingerprint density at radius 2 is 2.00 bits per heavy atom. The number of alkyl halides is 3. The third kappa shape index (κ3) is 4.87. The maximum Gasteiger partial charge on any atom is 0.417 e. The van der Waals surface area contributed by atoms with E-state index in [9.17, 15) is 26.4 Å². The summed E-state index contributed by atoms with van der Waals surface area (Å²) in [6.07, 6.45) is -5.01. The molecule has 0 aliphatic rings. The number of hydrogen-bond donors (Lipinski definition) is 1. The van der Waals surface area contributed by atoms with Crippen LogP contribution in [0.3, 0.4) is 0 Å².